The van der Waals surface area contributed by atoms with E-state index in [1.165, 1.54) is 0 Å². The summed E-state index contributed by atoms with van der Waals surface area (Å²) in [6.07, 6.45) is 2.69. The molecule has 72 valence electrons. The zero-order valence-electron chi connectivity index (χ0n) is 7.55. The molecule has 0 spiro atoms. The van der Waals surface area contributed by atoms with E-state index < -0.39 is 0 Å². The van der Waals surface area contributed by atoms with Crippen LogP contribution in [0, 0.1) is 11.5 Å². The second-order valence-electron chi connectivity index (χ2n) is 3.04. The summed E-state index contributed by atoms with van der Waals surface area (Å²) < 4.78 is 0. The smallest absolute Gasteiger partial charge is 0.247 e. The van der Waals surface area contributed by atoms with Crippen LogP contribution in [-0.4, -0.2) is 43.5 Å². The number of nitrogens with one attached hydrogen (secondary N) is 2. The number of amides is 1. The Morgan fingerprint density at radius 3 is 3.15 bits per heavy atom. The van der Waals surface area contributed by atoms with Crippen molar-refractivity contribution in [3.05, 3.63) is 0 Å². The molecule has 0 aliphatic carbocycles. The molecule has 0 aromatic heterocycles. The van der Waals surface area contributed by atoms with Crippen LogP contribution in [0.25, 0.3) is 0 Å². The summed E-state index contributed by atoms with van der Waals surface area (Å²) in [5.74, 6) is -0.218. The second kappa shape index (κ2) is 5.51. The molecule has 1 heterocycles. The van der Waals surface area contributed by atoms with E-state index in [0.717, 1.165) is 32.6 Å². The van der Waals surface area contributed by atoms with E-state index in [1.807, 2.05) is 4.90 Å². The largest absolute Gasteiger partial charge is 0.315 e. The van der Waals surface area contributed by atoms with E-state index in [0.29, 0.717) is 6.54 Å². The molecule has 0 atom stereocenters. The van der Waals surface area contributed by atoms with Crippen LogP contribution in [0.15, 0.2) is 0 Å². The lowest BCUT2D eigenvalue weighted by atomic mass is 10.4. The molecular formula is C8H14N4O. The van der Waals surface area contributed by atoms with Gasteiger partial charge in [0.25, 0.3) is 0 Å². The topological polar surface area (TPSA) is 68.2 Å². The Morgan fingerprint density at radius 2 is 2.38 bits per heavy atom. The monoisotopic (exact) mass is 182 g/mol. The van der Waals surface area contributed by atoms with Gasteiger partial charge in [-0.2, -0.15) is 5.26 Å². The van der Waals surface area contributed by atoms with Gasteiger partial charge in [-0.25, -0.2) is 0 Å². The highest BCUT2D eigenvalue weighted by Crippen LogP contribution is 1.93. The van der Waals surface area contributed by atoms with Gasteiger partial charge in [0.05, 0.1) is 6.54 Å². The SMILES string of the molecule is N#CNC(=O)CN1CCCNCC1. The molecule has 2 N–H and O–H groups in total. The molecule has 0 bridgehead atoms. The summed E-state index contributed by atoms with van der Waals surface area (Å²) in [5.41, 5.74) is 0. The van der Waals surface area contributed by atoms with E-state index in [9.17, 15) is 4.79 Å². The first-order valence-electron chi connectivity index (χ1n) is 4.44. The predicted octanol–water partition coefficient (Wildman–Crippen LogP) is -1.12. The van der Waals surface area contributed by atoms with Crippen molar-refractivity contribution in [1.29, 1.82) is 5.26 Å². The van der Waals surface area contributed by atoms with Gasteiger partial charge in [-0.05, 0) is 19.5 Å². The van der Waals surface area contributed by atoms with Gasteiger partial charge in [0, 0.05) is 13.1 Å². The van der Waals surface area contributed by atoms with Crippen LogP contribution in [0.1, 0.15) is 6.42 Å². The molecule has 1 saturated heterocycles. The molecule has 1 aliphatic heterocycles. The maximum atomic E-state index is 11.0. The van der Waals surface area contributed by atoms with E-state index in [-0.39, 0.29) is 5.91 Å². The Hall–Kier alpha value is -1.12. The van der Waals surface area contributed by atoms with Crippen LogP contribution in [0.5, 0.6) is 0 Å². The van der Waals surface area contributed by atoms with E-state index >= 15 is 0 Å². The van der Waals surface area contributed by atoms with Crippen molar-refractivity contribution in [3.8, 4) is 6.19 Å². The molecule has 1 fully saturated rings. The van der Waals surface area contributed by atoms with Crippen molar-refractivity contribution in [1.82, 2.24) is 15.5 Å². The number of nitrogens with zero attached hydrogens (tertiary/aromatic N) is 2. The van der Waals surface area contributed by atoms with Gasteiger partial charge < -0.3 is 5.32 Å². The highest BCUT2D eigenvalue weighted by molar-refractivity contribution is 5.79. The van der Waals surface area contributed by atoms with E-state index in [1.54, 1.807) is 6.19 Å². The average Bonchev–Trinajstić information content (AvgIpc) is 2.33. The quantitative estimate of drug-likeness (QED) is 0.419. The predicted molar refractivity (Wildman–Crippen MR) is 47.7 cm³/mol. The first-order chi connectivity index (χ1) is 6.33. The Morgan fingerprint density at radius 1 is 1.54 bits per heavy atom. The van der Waals surface area contributed by atoms with E-state index in [2.05, 4.69) is 10.6 Å². The van der Waals surface area contributed by atoms with Gasteiger partial charge in [-0.1, -0.05) is 0 Å². The number of hydrogen-bond donors (Lipinski definition) is 2. The molecule has 5 nitrogen and oxygen atoms in total. The summed E-state index contributed by atoms with van der Waals surface area (Å²) in [7, 11) is 0. The minimum atomic E-state index is -0.218. The lowest BCUT2D eigenvalue weighted by Crippen LogP contribution is -2.37. The normalized spacial score (nSPS) is 18.7. The first kappa shape index (κ1) is 9.96. The maximum Gasteiger partial charge on any atom is 0.247 e. The molecule has 1 aliphatic rings. The first-order valence-corrected chi connectivity index (χ1v) is 4.44. The molecule has 1 amide bonds. The third-order valence-electron chi connectivity index (χ3n) is 2.00. The third-order valence-corrected chi connectivity index (χ3v) is 2.00. The fourth-order valence-corrected chi connectivity index (χ4v) is 1.36. The van der Waals surface area contributed by atoms with Crippen molar-refractivity contribution < 1.29 is 4.79 Å². The van der Waals surface area contributed by atoms with Gasteiger partial charge in [0.1, 0.15) is 0 Å². The molecule has 0 aromatic rings. The summed E-state index contributed by atoms with van der Waals surface area (Å²) >= 11 is 0. The van der Waals surface area contributed by atoms with Gasteiger partial charge in [-0.15, -0.1) is 0 Å². The minimum absolute atomic E-state index is 0.218. The molecule has 13 heavy (non-hydrogen) atoms. The van der Waals surface area contributed by atoms with Crippen molar-refractivity contribution in [3.63, 3.8) is 0 Å². The Balaban J connectivity index is 2.26. The fraction of sp³-hybridized carbons (Fsp3) is 0.750. The van der Waals surface area contributed by atoms with Gasteiger partial charge in [0.2, 0.25) is 5.91 Å². The number of carbonyl (C=O) groups excluding carboxylic acids is 1. The second-order valence-corrected chi connectivity index (χ2v) is 3.04. The van der Waals surface area contributed by atoms with Crippen molar-refractivity contribution >= 4 is 5.91 Å². The maximum absolute atomic E-state index is 11.0. The molecule has 0 saturated carbocycles. The minimum Gasteiger partial charge on any atom is -0.315 e. The Labute approximate surface area is 77.7 Å². The fourth-order valence-electron chi connectivity index (χ4n) is 1.36. The zero-order chi connectivity index (χ0) is 9.52. The summed E-state index contributed by atoms with van der Waals surface area (Å²) in [6.45, 7) is 4.05. The molecule has 1 rings (SSSR count). The number of carbonyl (C=O) groups is 1. The summed E-state index contributed by atoms with van der Waals surface area (Å²) in [4.78, 5) is 13.1. The van der Waals surface area contributed by atoms with Crippen LogP contribution < -0.4 is 10.6 Å². The van der Waals surface area contributed by atoms with Crippen LogP contribution in [-0.2, 0) is 4.79 Å². The lowest BCUT2D eigenvalue weighted by Gasteiger charge is -2.17. The zero-order valence-corrected chi connectivity index (χ0v) is 7.55. The highest BCUT2D eigenvalue weighted by Gasteiger charge is 2.11. The van der Waals surface area contributed by atoms with Crippen molar-refractivity contribution in [2.24, 2.45) is 0 Å². The third kappa shape index (κ3) is 3.87. The van der Waals surface area contributed by atoms with Crippen molar-refractivity contribution in [2.75, 3.05) is 32.7 Å². The molecule has 5 heteroatoms. The van der Waals surface area contributed by atoms with Crippen LogP contribution >= 0.6 is 0 Å². The molecule has 0 aromatic carbocycles. The molecule has 0 unspecified atom stereocenters. The van der Waals surface area contributed by atoms with Crippen LogP contribution in [0.3, 0.4) is 0 Å². The van der Waals surface area contributed by atoms with Gasteiger partial charge in [0.15, 0.2) is 6.19 Å². The van der Waals surface area contributed by atoms with E-state index in [4.69, 9.17) is 5.26 Å². The summed E-state index contributed by atoms with van der Waals surface area (Å²) in [5, 5.41) is 13.6. The Kier molecular flexibility index (Phi) is 4.23. The standard InChI is InChI=1S/C8H14N4O/c9-7-11-8(13)6-12-4-1-2-10-3-5-12/h10H,1-6H2,(H,11,13). The lowest BCUT2D eigenvalue weighted by molar-refractivity contribution is -0.121. The van der Waals surface area contributed by atoms with Crippen LogP contribution in [0.2, 0.25) is 0 Å². The number of nitriles is 1. The number of hydrogen-bond acceptors (Lipinski definition) is 4. The van der Waals surface area contributed by atoms with Crippen molar-refractivity contribution in [2.45, 2.75) is 6.42 Å². The molecular weight excluding hydrogens is 168 g/mol. The van der Waals surface area contributed by atoms with Gasteiger partial charge >= 0.3 is 0 Å². The Bertz CT molecular complexity index is 203. The number of rotatable bonds is 2. The van der Waals surface area contributed by atoms with Crippen LogP contribution in [0.4, 0.5) is 0 Å². The van der Waals surface area contributed by atoms with Gasteiger partial charge in [-0.3, -0.25) is 15.0 Å². The average molecular weight is 182 g/mol. The summed E-state index contributed by atoms with van der Waals surface area (Å²) in [6, 6.07) is 0. The molecule has 0 radical (unpaired) electrons. The highest BCUT2D eigenvalue weighted by atomic mass is 16.1.